The van der Waals surface area contributed by atoms with Crippen LogP contribution < -0.4 is 0 Å². The first-order valence-electron chi connectivity index (χ1n) is 9.88. The summed E-state index contributed by atoms with van der Waals surface area (Å²) in [4.78, 5) is 6.72. The Hall–Kier alpha value is -2.42. The molecule has 4 rings (SSSR count). The van der Waals surface area contributed by atoms with Gasteiger partial charge in [0.05, 0.1) is 16.8 Å². The number of aromatic hydroxyl groups is 1. The minimum Gasteiger partial charge on any atom is -0.494 e. The summed E-state index contributed by atoms with van der Waals surface area (Å²) in [7, 11) is -1.58. The largest absolute Gasteiger partial charge is 0.494 e. The maximum Gasteiger partial charge on any atom is 0.244 e. The fourth-order valence-corrected chi connectivity index (χ4v) is 5.22. The van der Waals surface area contributed by atoms with Crippen LogP contribution in [0.3, 0.4) is 0 Å². The van der Waals surface area contributed by atoms with Gasteiger partial charge in [-0.3, -0.25) is 4.98 Å². The Labute approximate surface area is 171 Å². The number of sulfonamides is 1. The number of piperazine rings is 1. The molecule has 3 aromatic rings. The van der Waals surface area contributed by atoms with Gasteiger partial charge in [-0.05, 0) is 31.7 Å². The Morgan fingerprint density at radius 3 is 2.45 bits per heavy atom. The number of nitrogens with zero attached hydrogens (tertiary/aromatic N) is 4. The molecule has 1 aromatic carbocycles. The summed E-state index contributed by atoms with van der Waals surface area (Å²) in [5.74, 6) is 0.162. The predicted molar refractivity (Wildman–Crippen MR) is 113 cm³/mol. The highest BCUT2D eigenvalue weighted by atomic mass is 32.2. The highest BCUT2D eigenvalue weighted by Gasteiger charge is 2.28. The van der Waals surface area contributed by atoms with Crippen molar-refractivity contribution in [3.05, 3.63) is 42.6 Å². The van der Waals surface area contributed by atoms with Crippen LogP contribution in [0.1, 0.15) is 13.3 Å². The molecule has 0 spiro atoms. The molecule has 0 saturated carbocycles. The van der Waals surface area contributed by atoms with Crippen molar-refractivity contribution in [3.8, 4) is 17.1 Å². The summed E-state index contributed by atoms with van der Waals surface area (Å²) in [6, 6.07) is 11.1. The zero-order valence-electron chi connectivity index (χ0n) is 16.7. The second kappa shape index (κ2) is 7.78. The molecule has 154 valence electrons. The minimum atomic E-state index is -3.56. The summed E-state index contributed by atoms with van der Waals surface area (Å²) < 4.78 is 29.2. The van der Waals surface area contributed by atoms with Crippen LogP contribution in [0.25, 0.3) is 22.2 Å². The van der Waals surface area contributed by atoms with Gasteiger partial charge in [-0.2, -0.15) is 4.31 Å². The van der Waals surface area contributed by atoms with Crippen LogP contribution in [0.5, 0.6) is 5.88 Å². The van der Waals surface area contributed by atoms with Crippen LogP contribution in [0.4, 0.5) is 0 Å². The monoisotopic (exact) mass is 414 g/mol. The molecule has 0 amide bonds. The highest BCUT2D eigenvalue weighted by molar-refractivity contribution is 7.89. The van der Waals surface area contributed by atoms with Crippen molar-refractivity contribution in [2.75, 3.05) is 33.2 Å². The van der Waals surface area contributed by atoms with E-state index in [1.807, 2.05) is 35.9 Å². The molecule has 1 aliphatic heterocycles. The van der Waals surface area contributed by atoms with E-state index in [1.54, 1.807) is 12.1 Å². The van der Waals surface area contributed by atoms with Crippen molar-refractivity contribution >= 4 is 20.9 Å². The van der Waals surface area contributed by atoms with Gasteiger partial charge in [-0.25, -0.2) is 8.42 Å². The summed E-state index contributed by atoms with van der Waals surface area (Å²) in [6.07, 6.45) is 2.29. The van der Waals surface area contributed by atoms with E-state index in [0.29, 0.717) is 30.9 Å². The van der Waals surface area contributed by atoms with E-state index in [0.717, 1.165) is 30.4 Å². The number of rotatable bonds is 5. The number of pyridine rings is 1. The van der Waals surface area contributed by atoms with Gasteiger partial charge in [-0.15, -0.1) is 0 Å². The van der Waals surface area contributed by atoms with Crippen LogP contribution in [-0.2, 0) is 16.6 Å². The Bertz CT molecular complexity index is 1110. The van der Waals surface area contributed by atoms with Gasteiger partial charge < -0.3 is 14.6 Å². The van der Waals surface area contributed by atoms with Gasteiger partial charge in [0, 0.05) is 44.3 Å². The smallest absolute Gasteiger partial charge is 0.244 e. The van der Waals surface area contributed by atoms with Crippen molar-refractivity contribution in [2.45, 2.75) is 24.8 Å². The average Bonchev–Trinajstić information content (AvgIpc) is 3.00. The lowest BCUT2D eigenvalue weighted by Crippen LogP contribution is -2.47. The van der Waals surface area contributed by atoms with Crippen LogP contribution in [0.15, 0.2) is 47.5 Å². The third-order valence-electron chi connectivity index (χ3n) is 5.48. The van der Waals surface area contributed by atoms with Gasteiger partial charge in [0.2, 0.25) is 15.9 Å². The first kappa shape index (κ1) is 19.9. The number of hydrogen-bond donors (Lipinski definition) is 1. The second-order valence-corrected chi connectivity index (χ2v) is 9.39. The van der Waals surface area contributed by atoms with Crippen LogP contribution >= 0.6 is 0 Å². The lowest BCUT2D eigenvalue weighted by molar-refractivity contribution is 0.222. The molecule has 1 saturated heterocycles. The van der Waals surface area contributed by atoms with E-state index in [-0.39, 0.29) is 10.8 Å². The number of fused-ring (bicyclic) bond motifs is 1. The molecule has 8 heteroatoms. The third-order valence-corrected chi connectivity index (χ3v) is 7.37. The molecule has 0 radical (unpaired) electrons. The number of para-hydroxylation sites is 1. The summed E-state index contributed by atoms with van der Waals surface area (Å²) >= 11 is 0. The van der Waals surface area contributed by atoms with Crippen LogP contribution in [-0.4, -0.2) is 65.5 Å². The number of likely N-dealkylation sites (N-methyl/N-ethyl adjacent to an activating group) is 1. The standard InChI is InChI=1S/C21H26N4O3S/c1-3-10-25-19-7-5-4-6-17(19)20(21(25)26)18-9-8-16(15-22-18)29(27,28)24-13-11-23(2)12-14-24/h4-9,15,26H,3,10-14H2,1-2H3. The Morgan fingerprint density at radius 1 is 1.07 bits per heavy atom. The fraction of sp³-hybridized carbons (Fsp3) is 0.381. The molecule has 2 aromatic heterocycles. The second-order valence-electron chi connectivity index (χ2n) is 7.45. The first-order chi connectivity index (χ1) is 13.9. The zero-order chi connectivity index (χ0) is 20.6. The molecular weight excluding hydrogens is 388 g/mol. The molecule has 7 nitrogen and oxygen atoms in total. The molecule has 0 aliphatic carbocycles. The Balaban J connectivity index is 1.71. The van der Waals surface area contributed by atoms with E-state index < -0.39 is 10.0 Å². The molecule has 0 bridgehead atoms. The Kier molecular flexibility index (Phi) is 5.33. The van der Waals surface area contributed by atoms with Crippen molar-refractivity contribution < 1.29 is 13.5 Å². The van der Waals surface area contributed by atoms with E-state index >= 15 is 0 Å². The number of hydrogen-bond acceptors (Lipinski definition) is 5. The first-order valence-corrected chi connectivity index (χ1v) is 11.3. The molecule has 0 atom stereocenters. The maximum absolute atomic E-state index is 12.9. The summed E-state index contributed by atoms with van der Waals surface area (Å²) in [6.45, 7) is 5.15. The lowest BCUT2D eigenvalue weighted by Gasteiger charge is -2.31. The van der Waals surface area contributed by atoms with Gasteiger partial charge in [0.15, 0.2) is 0 Å². The third kappa shape index (κ3) is 3.52. The van der Waals surface area contributed by atoms with E-state index in [4.69, 9.17) is 0 Å². The maximum atomic E-state index is 12.9. The average molecular weight is 415 g/mol. The van der Waals surface area contributed by atoms with Crippen molar-refractivity contribution in [2.24, 2.45) is 0 Å². The van der Waals surface area contributed by atoms with Crippen molar-refractivity contribution in [3.63, 3.8) is 0 Å². The van der Waals surface area contributed by atoms with Gasteiger partial charge in [-0.1, -0.05) is 25.1 Å². The molecule has 1 fully saturated rings. The highest BCUT2D eigenvalue weighted by Crippen LogP contribution is 2.38. The number of aryl methyl sites for hydroxylation is 1. The van der Waals surface area contributed by atoms with Crippen LogP contribution in [0.2, 0.25) is 0 Å². The van der Waals surface area contributed by atoms with E-state index in [2.05, 4.69) is 16.8 Å². The lowest BCUT2D eigenvalue weighted by atomic mass is 10.1. The molecule has 1 N–H and O–H groups in total. The van der Waals surface area contributed by atoms with Gasteiger partial charge in [0.25, 0.3) is 0 Å². The Morgan fingerprint density at radius 2 is 1.79 bits per heavy atom. The quantitative estimate of drug-likeness (QED) is 0.695. The SMILES string of the molecule is CCCn1c(O)c(-c2ccc(S(=O)(=O)N3CCN(C)CC3)cn2)c2ccccc21. The summed E-state index contributed by atoms with van der Waals surface area (Å²) in [5.41, 5.74) is 2.14. The van der Waals surface area contributed by atoms with Crippen molar-refractivity contribution in [1.82, 2.24) is 18.8 Å². The molecule has 29 heavy (non-hydrogen) atoms. The summed E-state index contributed by atoms with van der Waals surface area (Å²) in [5, 5.41) is 11.8. The van der Waals surface area contributed by atoms with E-state index in [1.165, 1.54) is 10.5 Å². The number of benzene rings is 1. The molecule has 3 heterocycles. The number of aromatic nitrogens is 2. The van der Waals surface area contributed by atoms with Crippen LogP contribution in [0, 0.1) is 0 Å². The fourth-order valence-electron chi connectivity index (χ4n) is 3.85. The molecule has 0 unspecified atom stereocenters. The molecular formula is C21H26N4O3S. The molecule has 1 aliphatic rings. The normalized spacial score (nSPS) is 16.5. The van der Waals surface area contributed by atoms with Gasteiger partial charge >= 0.3 is 0 Å². The van der Waals surface area contributed by atoms with Gasteiger partial charge in [0.1, 0.15) is 4.90 Å². The zero-order valence-corrected chi connectivity index (χ0v) is 17.6. The minimum absolute atomic E-state index is 0.162. The topological polar surface area (TPSA) is 78.7 Å². The predicted octanol–water partition coefficient (Wildman–Crippen LogP) is 2.76. The van der Waals surface area contributed by atoms with E-state index in [9.17, 15) is 13.5 Å². The van der Waals surface area contributed by atoms with Crippen molar-refractivity contribution in [1.29, 1.82) is 0 Å².